The summed E-state index contributed by atoms with van der Waals surface area (Å²) in [6.45, 7) is 1.95. The monoisotopic (exact) mass is 219 g/mol. The van der Waals surface area contributed by atoms with Crippen LogP contribution < -0.4 is 4.90 Å². The number of benzene rings is 1. The molecule has 84 valence electrons. The maximum Gasteiger partial charge on any atom is 0.326 e. The predicted octanol–water partition coefficient (Wildman–Crippen LogP) is 1.58. The zero-order valence-corrected chi connectivity index (χ0v) is 9.01. The maximum absolute atomic E-state index is 11.6. The van der Waals surface area contributed by atoms with Crippen molar-refractivity contribution in [2.24, 2.45) is 0 Å². The first-order valence-electron chi connectivity index (χ1n) is 5.21. The number of carboxylic acid groups (broad SMARTS) is 1. The number of hydrogen-bond donors (Lipinski definition) is 1. The van der Waals surface area contributed by atoms with E-state index in [1.807, 2.05) is 19.1 Å². The van der Waals surface area contributed by atoms with E-state index in [1.165, 1.54) is 4.90 Å². The number of rotatable bonds is 2. The molecule has 1 fully saturated rings. The highest BCUT2D eigenvalue weighted by Crippen LogP contribution is 2.26. The van der Waals surface area contributed by atoms with Gasteiger partial charge >= 0.3 is 5.97 Å². The van der Waals surface area contributed by atoms with Gasteiger partial charge in [-0.15, -0.1) is 0 Å². The van der Waals surface area contributed by atoms with Gasteiger partial charge in [-0.3, -0.25) is 9.69 Å². The number of carbonyl (C=O) groups excluding carboxylic acids is 1. The normalized spacial score (nSPS) is 20.2. The van der Waals surface area contributed by atoms with Crippen LogP contribution in [0.25, 0.3) is 0 Å². The number of carboxylic acids is 1. The van der Waals surface area contributed by atoms with Gasteiger partial charge in [0.25, 0.3) is 0 Å². The molecule has 0 aliphatic carbocycles. The summed E-state index contributed by atoms with van der Waals surface area (Å²) in [5.41, 5.74) is 1.75. The number of amides is 1. The summed E-state index contributed by atoms with van der Waals surface area (Å²) >= 11 is 0. The van der Waals surface area contributed by atoms with Gasteiger partial charge < -0.3 is 5.11 Å². The minimum atomic E-state index is -0.938. The van der Waals surface area contributed by atoms with E-state index in [0.29, 0.717) is 18.5 Å². The van der Waals surface area contributed by atoms with E-state index >= 15 is 0 Å². The molecule has 1 aliphatic heterocycles. The average molecular weight is 219 g/mol. The summed E-state index contributed by atoms with van der Waals surface area (Å²) in [7, 11) is 0. The molecule has 2 rings (SSSR count). The molecule has 1 atom stereocenters. The third kappa shape index (κ3) is 1.78. The van der Waals surface area contributed by atoms with E-state index in [1.54, 1.807) is 12.1 Å². The second-order valence-corrected chi connectivity index (χ2v) is 3.99. The summed E-state index contributed by atoms with van der Waals surface area (Å²) in [4.78, 5) is 24.0. The Bertz CT molecular complexity index is 424. The van der Waals surface area contributed by atoms with Gasteiger partial charge in [0.15, 0.2) is 0 Å². The smallest absolute Gasteiger partial charge is 0.326 e. The van der Waals surface area contributed by atoms with E-state index in [2.05, 4.69) is 0 Å². The number of aryl methyl sites for hydroxylation is 1. The van der Waals surface area contributed by atoms with Crippen molar-refractivity contribution in [1.82, 2.24) is 0 Å². The molecule has 0 unspecified atom stereocenters. The van der Waals surface area contributed by atoms with Gasteiger partial charge in [-0.2, -0.15) is 0 Å². The number of aliphatic carboxylic acids is 1. The molecule has 4 nitrogen and oxygen atoms in total. The van der Waals surface area contributed by atoms with E-state index < -0.39 is 12.0 Å². The second-order valence-electron chi connectivity index (χ2n) is 3.99. The molecule has 0 radical (unpaired) electrons. The number of nitrogens with zero attached hydrogens (tertiary/aromatic N) is 1. The first-order chi connectivity index (χ1) is 7.59. The molecule has 1 aromatic carbocycles. The van der Waals surface area contributed by atoms with Crippen molar-refractivity contribution in [3.8, 4) is 0 Å². The summed E-state index contributed by atoms with van der Waals surface area (Å²) in [5.74, 6) is -1.05. The Balaban J connectivity index is 2.33. The average Bonchev–Trinajstić information content (AvgIpc) is 2.62. The van der Waals surface area contributed by atoms with Crippen LogP contribution in [-0.4, -0.2) is 23.0 Å². The summed E-state index contributed by atoms with van der Waals surface area (Å²) < 4.78 is 0. The second kappa shape index (κ2) is 3.96. The largest absolute Gasteiger partial charge is 0.480 e. The summed E-state index contributed by atoms with van der Waals surface area (Å²) in [5, 5.41) is 9.02. The molecule has 1 aliphatic rings. The van der Waals surface area contributed by atoms with Crippen molar-refractivity contribution < 1.29 is 14.7 Å². The SMILES string of the molecule is Cc1ccc(N2C(=O)CC[C@H]2C(=O)O)cc1. The molecular formula is C12H13NO3. The van der Waals surface area contributed by atoms with Gasteiger partial charge in [0.2, 0.25) is 5.91 Å². The summed E-state index contributed by atoms with van der Waals surface area (Å²) in [6.07, 6.45) is 0.701. The van der Waals surface area contributed by atoms with E-state index in [-0.39, 0.29) is 5.91 Å². The number of carbonyl (C=O) groups is 2. The molecule has 1 heterocycles. The first-order valence-corrected chi connectivity index (χ1v) is 5.21. The quantitative estimate of drug-likeness (QED) is 0.821. The molecule has 0 spiro atoms. The first kappa shape index (κ1) is 10.7. The van der Waals surface area contributed by atoms with Gasteiger partial charge in [0, 0.05) is 12.1 Å². The van der Waals surface area contributed by atoms with Crippen LogP contribution in [0.1, 0.15) is 18.4 Å². The van der Waals surface area contributed by atoms with Crippen molar-refractivity contribution >= 4 is 17.6 Å². The fourth-order valence-electron chi connectivity index (χ4n) is 1.95. The number of anilines is 1. The Hall–Kier alpha value is -1.84. The van der Waals surface area contributed by atoms with Crippen molar-refractivity contribution in [2.75, 3.05) is 4.90 Å². The Morgan fingerprint density at radius 2 is 2.00 bits per heavy atom. The minimum absolute atomic E-state index is 0.115. The third-order valence-corrected chi connectivity index (χ3v) is 2.81. The molecule has 1 aromatic rings. The van der Waals surface area contributed by atoms with Crippen LogP contribution >= 0.6 is 0 Å². The Morgan fingerprint density at radius 3 is 2.56 bits per heavy atom. The van der Waals surface area contributed by atoms with E-state index in [9.17, 15) is 9.59 Å². The lowest BCUT2D eigenvalue weighted by Crippen LogP contribution is -2.38. The third-order valence-electron chi connectivity index (χ3n) is 2.81. The van der Waals surface area contributed by atoms with Crippen LogP contribution in [-0.2, 0) is 9.59 Å². The summed E-state index contributed by atoms with van der Waals surface area (Å²) in [6, 6.07) is 6.61. The highest BCUT2D eigenvalue weighted by atomic mass is 16.4. The van der Waals surface area contributed by atoms with Crippen molar-refractivity contribution in [3.63, 3.8) is 0 Å². The van der Waals surface area contributed by atoms with E-state index in [4.69, 9.17) is 5.11 Å². The molecule has 1 saturated heterocycles. The minimum Gasteiger partial charge on any atom is -0.480 e. The molecular weight excluding hydrogens is 206 g/mol. The standard InChI is InChI=1S/C12H13NO3/c1-8-2-4-9(5-3-8)13-10(12(15)16)6-7-11(13)14/h2-5,10H,6-7H2,1H3,(H,15,16)/t10-/m0/s1. The maximum atomic E-state index is 11.6. The van der Waals surface area contributed by atoms with Gasteiger partial charge in [0.05, 0.1) is 0 Å². The zero-order chi connectivity index (χ0) is 11.7. The molecule has 1 N–H and O–H groups in total. The molecule has 0 bridgehead atoms. The van der Waals surface area contributed by atoms with Gasteiger partial charge in [-0.25, -0.2) is 4.79 Å². The van der Waals surface area contributed by atoms with Gasteiger partial charge in [-0.1, -0.05) is 17.7 Å². The Morgan fingerprint density at radius 1 is 1.38 bits per heavy atom. The Labute approximate surface area is 93.5 Å². The number of hydrogen-bond acceptors (Lipinski definition) is 2. The highest BCUT2D eigenvalue weighted by Gasteiger charge is 2.36. The van der Waals surface area contributed by atoms with Crippen LogP contribution in [0.15, 0.2) is 24.3 Å². The van der Waals surface area contributed by atoms with Gasteiger partial charge in [0.1, 0.15) is 6.04 Å². The van der Waals surface area contributed by atoms with Crippen LogP contribution in [0.5, 0.6) is 0 Å². The van der Waals surface area contributed by atoms with Crippen LogP contribution in [0.4, 0.5) is 5.69 Å². The zero-order valence-electron chi connectivity index (χ0n) is 9.01. The predicted molar refractivity (Wildman–Crippen MR) is 59.3 cm³/mol. The Kier molecular flexibility index (Phi) is 2.64. The molecule has 16 heavy (non-hydrogen) atoms. The lowest BCUT2D eigenvalue weighted by Gasteiger charge is -2.21. The van der Waals surface area contributed by atoms with Crippen molar-refractivity contribution in [2.45, 2.75) is 25.8 Å². The highest BCUT2D eigenvalue weighted by molar-refractivity contribution is 6.02. The lowest BCUT2D eigenvalue weighted by molar-refractivity contribution is -0.138. The fourth-order valence-corrected chi connectivity index (χ4v) is 1.95. The topological polar surface area (TPSA) is 57.6 Å². The van der Waals surface area contributed by atoms with Crippen molar-refractivity contribution in [3.05, 3.63) is 29.8 Å². The fraction of sp³-hybridized carbons (Fsp3) is 0.333. The molecule has 1 amide bonds. The van der Waals surface area contributed by atoms with Crippen molar-refractivity contribution in [1.29, 1.82) is 0 Å². The molecule has 0 aromatic heterocycles. The molecule has 4 heteroatoms. The van der Waals surface area contributed by atoms with Crippen LogP contribution in [0.2, 0.25) is 0 Å². The van der Waals surface area contributed by atoms with Gasteiger partial charge in [-0.05, 0) is 25.5 Å². The lowest BCUT2D eigenvalue weighted by atomic mass is 10.2. The van der Waals surface area contributed by atoms with Crippen LogP contribution in [0, 0.1) is 6.92 Å². The van der Waals surface area contributed by atoms with Crippen LogP contribution in [0.3, 0.4) is 0 Å². The van der Waals surface area contributed by atoms with E-state index in [0.717, 1.165) is 5.56 Å². The molecule has 0 saturated carbocycles.